The van der Waals surface area contributed by atoms with Crippen molar-refractivity contribution < 1.29 is 4.79 Å². The molecule has 0 bridgehead atoms. The summed E-state index contributed by atoms with van der Waals surface area (Å²) in [6.07, 6.45) is 8.97. The van der Waals surface area contributed by atoms with Crippen molar-refractivity contribution in [2.24, 2.45) is 13.0 Å². The zero-order chi connectivity index (χ0) is 16.5. The number of urea groups is 1. The molecule has 24 heavy (non-hydrogen) atoms. The van der Waals surface area contributed by atoms with E-state index in [1.807, 2.05) is 24.8 Å². The Labute approximate surface area is 145 Å². The zero-order valence-electron chi connectivity index (χ0n) is 13.7. The average molecular weight is 346 g/mol. The Morgan fingerprint density at radius 3 is 2.96 bits per heavy atom. The first kappa shape index (κ1) is 15.4. The van der Waals surface area contributed by atoms with E-state index in [0.29, 0.717) is 5.92 Å². The van der Waals surface area contributed by atoms with Crippen LogP contribution >= 0.6 is 11.3 Å². The molecule has 2 aromatic rings. The predicted molar refractivity (Wildman–Crippen MR) is 93.1 cm³/mol. The summed E-state index contributed by atoms with van der Waals surface area (Å²) < 4.78 is 1.80. The van der Waals surface area contributed by atoms with Crippen molar-refractivity contribution >= 4 is 23.1 Å². The molecular weight excluding hydrogens is 324 g/mol. The highest BCUT2D eigenvalue weighted by atomic mass is 32.1. The van der Waals surface area contributed by atoms with Gasteiger partial charge in [-0.15, -0.1) is 11.3 Å². The fourth-order valence-corrected chi connectivity index (χ4v) is 4.03. The van der Waals surface area contributed by atoms with Crippen LogP contribution < -0.4 is 15.5 Å². The van der Waals surface area contributed by atoms with Gasteiger partial charge in [0.2, 0.25) is 0 Å². The Balaban J connectivity index is 1.31. The van der Waals surface area contributed by atoms with Gasteiger partial charge in [-0.3, -0.25) is 4.68 Å². The molecule has 0 radical (unpaired) electrons. The number of nitrogens with one attached hydrogen (secondary N) is 2. The second kappa shape index (κ2) is 6.43. The molecule has 1 aliphatic heterocycles. The van der Waals surface area contributed by atoms with Gasteiger partial charge in [0.15, 0.2) is 0 Å². The summed E-state index contributed by atoms with van der Waals surface area (Å²) in [4.78, 5) is 19.0. The van der Waals surface area contributed by atoms with Crippen molar-refractivity contribution in [2.75, 3.05) is 18.0 Å². The van der Waals surface area contributed by atoms with Gasteiger partial charge in [-0.2, -0.15) is 5.10 Å². The molecule has 1 aliphatic carbocycles. The number of amides is 2. The molecule has 1 saturated carbocycles. The Morgan fingerprint density at radius 2 is 2.29 bits per heavy atom. The molecular formula is C16H22N6OS. The molecule has 128 valence electrons. The van der Waals surface area contributed by atoms with Crippen LogP contribution in [-0.2, 0) is 7.05 Å². The van der Waals surface area contributed by atoms with Gasteiger partial charge < -0.3 is 15.5 Å². The zero-order valence-corrected chi connectivity index (χ0v) is 14.5. The summed E-state index contributed by atoms with van der Waals surface area (Å²) in [7, 11) is 1.92. The quantitative estimate of drug-likeness (QED) is 0.867. The summed E-state index contributed by atoms with van der Waals surface area (Å²) >= 11 is 1.61. The van der Waals surface area contributed by atoms with Gasteiger partial charge in [-0.25, -0.2) is 9.78 Å². The van der Waals surface area contributed by atoms with Crippen LogP contribution in [0.25, 0.3) is 0 Å². The summed E-state index contributed by atoms with van der Waals surface area (Å²) in [6, 6.07) is 0.141. The maximum Gasteiger partial charge on any atom is 0.315 e. The highest BCUT2D eigenvalue weighted by molar-refractivity contribution is 7.09. The molecule has 0 spiro atoms. The molecule has 2 fully saturated rings. The first-order valence-corrected chi connectivity index (χ1v) is 9.27. The molecule has 2 aliphatic rings. The molecule has 4 rings (SSSR count). The van der Waals surface area contributed by atoms with Crippen molar-refractivity contribution in [1.82, 2.24) is 25.4 Å². The number of aryl methyl sites for hydroxylation is 1. The number of anilines is 1. The molecule has 3 heterocycles. The fraction of sp³-hybridized carbons (Fsp3) is 0.562. The summed E-state index contributed by atoms with van der Waals surface area (Å²) in [5.74, 6) is 0.539. The number of carbonyl (C=O) groups excluding carboxylic acids is 1. The Hall–Kier alpha value is -2.09. The first-order chi connectivity index (χ1) is 11.7. The monoisotopic (exact) mass is 346 g/mol. The third-order valence-corrected chi connectivity index (χ3v) is 5.54. The van der Waals surface area contributed by atoms with Gasteiger partial charge >= 0.3 is 6.03 Å². The molecule has 2 atom stereocenters. The minimum atomic E-state index is -0.0832. The van der Waals surface area contributed by atoms with Crippen molar-refractivity contribution in [3.8, 4) is 0 Å². The highest BCUT2D eigenvalue weighted by Crippen LogP contribution is 2.41. The first-order valence-electron chi connectivity index (χ1n) is 8.39. The number of carbonyl (C=O) groups is 1. The topological polar surface area (TPSA) is 75.1 Å². The van der Waals surface area contributed by atoms with Crippen LogP contribution in [0.3, 0.4) is 0 Å². The summed E-state index contributed by atoms with van der Waals surface area (Å²) in [5, 5.41) is 13.4. The fourth-order valence-electron chi connectivity index (χ4n) is 3.25. The van der Waals surface area contributed by atoms with Gasteiger partial charge in [0.1, 0.15) is 5.01 Å². The number of rotatable bonds is 5. The summed E-state index contributed by atoms with van der Waals surface area (Å²) in [5.41, 5.74) is 1.11. The largest absolute Gasteiger partial charge is 0.367 e. The Morgan fingerprint density at radius 1 is 1.42 bits per heavy atom. The lowest BCUT2D eigenvalue weighted by Gasteiger charge is -2.20. The molecule has 2 aromatic heterocycles. The smallest absolute Gasteiger partial charge is 0.315 e. The molecule has 0 aromatic carbocycles. The molecule has 7 nitrogen and oxygen atoms in total. The third-order valence-electron chi connectivity index (χ3n) is 4.68. The maximum atomic E-state index is 12.4. The van der Waals surface area contributed by atoms with Crippen LogP contribution in [0.15, 0.2) is 24.0 Å². The van der Waals surface area contributed by atoms with Gasteiger partial charge in [0, 0.05) is 44.0 Å². The third kappa shape index (κ3) is 3.38. The van der Waals surface area contributed by atoms with E-state index < -0.39 is 0 Å². The van der Waals surface area contributed by atoms with Gasteiger partial charge in [0.25, 0.3) is 0 Å². The Bertz CT molecular complexity index is 695. The number of aromatic nitrogens is 3. The lowest BCUT2D eigenvalue weighted by atomic mass is 10.2. The van der Waals surface area contributed by atoms with Crippen LogP contribution in [0, 0.1) is 5.92 Å². The minimum Gasteiger partial charge on any atom is -0.367 e. The van der Waals surface area contributed by atoms with Crippen LogP contribution in [0.1, 0.15) is 30.3 Å². The van der Waals surface area contributed by atoms with Crippen LogP contribution in [0.4, 0.5) is 10.5 Å². The number of thiazole rings is 1. The number of hydrogen-bond acceptors (Lipinski definition) is 5. The van der Waals surface area contributed by atoms with Crippen LogP contribution in [0.2, 0.25) is 0 Å². The van der Waals surface area contributed by atoms with Crippen molar-refractivity contribution in [3.63, 3.8) is 0 Å². The molecule has 8 heteroatoms. The van der Waals surface area contributed by atoms with E-state index in [4.69, 9.17) is 0 Å². The van der Waals surface area contributed by atoms with E-state index in [0.717, 1.165) is 30.2 Å². The molecule has 1 saturated heterocycles. The van der Waals surface area contributed by atoms with E-state index >= 15 is 0 Å². The average Bonchev–Trinajstić information content (AvgIpc) is 2.95. The predicted octanol–water partition coefficient (Wildman–Crippen LogP) is 1.91. The maximum absolute atomic E-state index is 12.4. The van der Waals surface area contributed by atoms with Crippen LogP contribution in [0.5, 0.6) is 0 Å². The van der Waals surface area contributed by atoms with E-state index in [1.54, 1.807) is 22.2 Å². The van der Waals surface area contributed by atoms with E-state index in [9.17, 15) is 4.79 Å². The Kier molecular flexibility index (Phi) is 4.13. The minimum absolute atomic E-state index is 0.0563. The van der Waals surface area contributed by atoms with Crippen molar-refractivity contribution in [3.05, 3.63) is 29.0 Å². The number of nitrogens with zero attached hydrogens (tertiary/aromatic N) is 4. The molecule has 2 N–H and O–H groups in total. The van der Waals surface area contributed by atoms with E-state index in [1.165, 1.54) is 12.8 Å². The van der Waals surface area contributed by atoms with Crippen molar-refractivity contribution in [2.45, 2.75) is 31.3 Å². The molecule has 0 unspecified atom stereocenters. The van der Waals surface area contributed by atoms with Gasteiger partial charge in [-0.1, -0.05) is 0 Å². The van der Waals surface area contributed by atoms with Crippen molar-refractivity contribution in [1.29, 1.82) is 0 Å². The van der Waals surface area contributed by atoms with Gasteiger partial charge in [-0.05, 0) is 25.2 Å². The van der Waals surface area contributed by atoms with Crippen LogP contribution in [-0.4, -0.2) is 39.9 Å². The SMILES string of the molecule is Cn1cc(N2CC[C@@H](NC(=O)N[C@H](c3nccs3)C3CC3)C2)cn1. The van der Waals surface area contributed by atoms with E-state index in [2.05, 4.69) is 25.6 Å². The summed E-state index contributed by atoms with van der Waals surface area (Å²) in [6.45, 7) is 1.76. The van der Waals surface area contributed by atoms with E-state index in [-0.39, 0.29) is 18.1 Å². The second-order valence-corrected chi connectivity index (χ2v) is 7.53. The molecule has 2 amide bonds. The standard InChI is InChI=1S/C16H22N6OS/c1-21-10-13(8-18-21)22-6-4-12(9-22)19-16(23)20-14(11-2-3-11)15-17-5-7-24-15/h5,7-8,10-12,14H,2-4,6,9H2,1H3,(H2,19,20,23)/t12-,14+/m1/s1. The highest BCUT2D eigenvalue weighted by Gasteiger charge is 2.35. The normalized spacial score (nSPS) is 21.7. The lowest BCUT2D eigenvalue weighted by Crippen LogP contribution is -2.45. The lowest BCUT2D eigenvalue weighted by molar-refractivity contribution is 0.232. The number of hydrogen-bond donors (Lipinski definition) is 2. The van der Waals surface area contributed by atoms with Gasteiger partial charge in [0.05, 0.1) is 17.9 Å². The second-order valence-electron chi connectivity index (χ2n) is 6.61.